The van der Waals surface area contributed by atoms with Crippen molar-refractivity contribution >= 4 is 23.2 Å². The summed E-state index contributed by atoms with van der Waals surface area (Å²) < 4.78 is 0. The zero-order valence-electron chi connectivity index (χ0n) is 17.6. The first-order valence-electron chi connectivity index (χ1n) is 10.7. The van der Waals surface area contributed by atoms with Crippen molar-refractivity contribution in [2.45, 2.75) is 32.7 Å². The number of anilines is 1. The van der Waals surface area contributed by atoms with Gasteiger partial charge in [0.25, 0.3) is 0 Å². The van der Waals surface area contributed by atoms with Gasteiger partial charge >= 0.3 is 0 Å². The van der Waals surface area contributed by atoms with E-state index in [1.807, 2.05) is 18.3 Å². The Bertz CT molecular complexity index is 786. The first kappa shape index (κ1) is 22.4. The minimum Gasteiger partial charge on any atom is -0.396 e. The number of aromatic nitrogens is 1. The molecule has 0 unspecified atom stereocenters. The molecule has 0 atom stereocenters. The highest BCUT2D eigenvalue weighted by molar-refractivity contribution is 6.29. The van der Waals surface area contributed by atoms with Gasteiger partial charge in [-0.1, -0.05) is 29.8 Å². The smallest absolute Gasteiger partial charge is 0.191 e. The van der Waals surface area contributed by atoms with Gasteiger partial charge in [-0.25, -0.2) is 9.98 Å². The molecule has 0 saturated carbocycles. The summed E-state index contributed by atoms with van der Waals surface area (Å²) in [6.45, 7) is 6.62. The number of hydrogen-bond acceptors (Lipinski definition) is 4. The van der Waals surface area contributed by atoms with Crippen LogP contribution in [-0.4, -0.2) is 48.8 Å². The number of halogens is 1. The second-order valence-electron chi connectivity index (χ2n) is 7.64. The Balaban J connectivity index is 1.49. The summed E-state index contributed by atoms with van der Waals surface area (Å²) in [5.74, 6) is 1.28. The summed E-state index contributed by atoms with van der Waals surface area (Å²) in [6, 6.07) is 12.5. The van der Waals surface area contributed by atoms with Crippen LogP contribution in [0.1, 0.15) is 30.9 Å². The lowest BCUT2D eigenvalue weighted by atomic mass is 9.97. The van der Waals surface area contributed by atoms with Crippen LogP contribution in [0.25, 0.3) is 0 Å². The minimum atomic E-state index is 0.309. The van der Waals surface area contributed by atoms with Crippen molar-refractivity contribution in [1.29, 1.82) is 0 Å². The lowest BCUT2D eigenvalue weighted by Crippen LogP contribution is -2.38. The van der Waals surface area contributed by atoms with Crippen molar-refractivity contribution < 1.29 is 5.11 Å². The van der Waals surface area contributed by atoms with E-state index in [2.05, 4.69) is 51.7 Å². The average molecular weight is 430 g/mol. The summed E-state index contributed by atoms with van der Waals surface area (Å²) in [6.07, 6.45) is 4.79. The third-order valence-corrected chi connectivity index (χ3v) is 5.66. The second kappa shape index (κ2) is 11.8. The highest BCUT2D eigenvalue weighted by Crippen LogP contribution is 2.23. The molecule has 1 fully saturated rings. The van der Waals surface area contributed by atoms with Crippen LogP contribution in [0.5, 0.6) is 0 Å². The largest absolute Gasteiger partial charge is 0.396 e. The van der Waals surface area contributed by atoms with Crippen molar-refractivity contribution in [3.8, 4) is 0 Å². The molecule has 1 aromatic heterocycles. The maximum absolute atomic E-state index is 9.30. The lowest BCUT2D eigenvalue weighted by Gasteiger charge is -2.32. The maximum atomic E-state index is 9.30. The molecule has 3 rings (SSSR count). The fourth-order valence-corrected chi connectivity index (χ4v) is 3.69. The van der Waals surface area contributed by atoms with Gasteiger partial charge in [-0.2, -0.15) is 0 Å². The molecule has 162 valence electrons. The number of aliphatic hydroxyl groups is 1. The van der Waals surface area contributed by atoms with Crippen molar-refractivity contribution in [3.63, 3.8) is 0 Å². The van der Waals surface area contributed by atoms with E-state index in [0.717, 1.165) is 57.0 Å². The van der Waals surface area contributed by atoms with Gasteiger partial charge in [0.2, 0.25) is 0 Å². The molecule has 30 heavy (non-hydrogen) atoms. The Morgan fingerprint density at radius 3 is 2.50 bits per heavy atom. The molecule has 1 aliphatic heterocycles. The molecule has 0 aliphatic carbocycles. The monoisotopic (exact) mass is 429 g/mol. The minimum absolute atomic E-state index is 0.309. The molecule has 3 N–H and O–H groups in total. The summed E-state index contributed by atoms with van der Waals surface area (Å²) in [5.41, 5.74) is 3.57. The summed E-state index contributed by atoms with van der Waals surface area (Å²) >= 11 is 5.83. The van der Waals surface area contributed by atoms with Gasteiger partial charge < -0.3 is 20.6 Å². The quantitative estimate of drug-likeness (QED) is 0.341. The number of piperidine rings is 1. The van der Waals surface area contributed by atoms with Gasteiger partial charge in [-0.15, -0.1) is 0 Å². The van der Waals surface area contributed by atoms with E-state index in [-0.39, 0.29) is 0 Å². The van der Waals surface area contributed by atoms with Gasteiger partial charge in [0, 0.05) is 44.7 Å². The maximum Gasteiger partial charge on any atom is 0.191 e. The van der Waals surface area contributed by atoms with Crippen LogP contribution >= 0.6 is 11.6 Å². The van der Waals surface area contributed by atoms with E-state index in [9.17, 15) is 5.11 Å². The SMILES string of the molecule is CCNC(=NCc1ccc(N2CCC(CO)CC2)cc1)NCCc1ccc(Cl)nc1. The summed E-state index contributed by atoms with van der Waals surface area (Å²) in [7, 11) is 0. The highest BCUT2D eigenvalue weighted by atomic mass is 35.5. The van der Waals surface area contributed by atoms with Crippen molar-refractivity contribution in [2.24, 2.45) is 10.9 Å². The van der Waals surface area contributed by atoms with Crippen molar-refractivity contribution in [2.75, 3.05) is 37.7 Å². The average Bonchev–Trinajstić information content (AvgIpc) is 2.79. The molecule has 1 aromatic carbocycles. The van der Waals surface area contributed by atoms with Crippen LogP contribution in [0, 0.1) is 5.92 Å². The van der Waals surface area contributed by atoms with Gasteiger partial charge in [-0.05, 0) is 61.4 Å². The third kappa shape index (κ3) is 6.89. The molecule has 7 heteroatoms. The molecule has 2 aromatic rings. The van der Waals surface area contributed by atoms with Gasteiger partial charge in [0.15, 0.2) is 5.96 Å². The Morgan fingerprint density at radius 1 is 1.13 bits per heavy atom. The van der Waals surface area contributed by atoms with Crippen LogP contribution in [0.3, 0.4) is 0 Å². The molecule has 0 radical (unpaired) electrons. The van der Waals surface area contributed by atoms with E-state index in [1.165, 1.54) is 11.3 Å². The van der Waals surface area contributed by atoms with E-state index in [0.29, 0.717) is 24.2 Å². The number of nitrogens with zero attached hydrogens (tertiary/aromatic N) is 3. The first-order valence-corrected chi connectivity index (χ1v) is 11.1. The van der Waals surface area contributed by atoms with E-state index >= 15 is 0 Å². The number of hydrogen-bond donors (Lipinski definition) is 3. The summed E-state index contributed by atoms with van der Waals surface area (Å²) in [4.78, 5) is 11.2. The number of benzene rings is 1. The number of pyridine rings is 1. The molecule has 1 aliphatic rings. The predicted molar refractivity (Wildman–Crippen MR) is 124 cm³/mol. The normalized spacial score (nSPS) is 15.3. The van der Waals surface area contributed by atoms with Crippen molar-refractivity contribution in [1.82, 2.24) is 15.6 Å². The number of aliphatic imine (C=N–C) groups is 1. The van der Waals surface area contributed by atoms with E-state index in [1.54, 1.807) is 0 Å². The fraction of sp³-hybridized carbons (Fsp3) is 0.478. The highest BCUT2D eigenvalue weighted by Gasteiger charge is 2.18. The van der Waals surface area contributed by atoms with Gasteiger partial charge in [-0.3, -0.25) is 0 Å². The second-order valence-corrected chi connectivity index (χ2v) is 8.03. The Kier molecular flexibility index (Phi) is 8.78. The predicted octanol–water partition coefficient (Wildman–Crippen LogP) is 3.24. The standard InChI is InChI=1S/C23H32ClN5O/c1-2-25-23(26-12-9-19-5-8-22(24)27-15-19)28-16-18-3-6-21(7-4-18)29-13-10-20(17-30)11-14-29/h3-8,15,20,30H,2,9-14,16-17H2,1H3,(H2,25,26,28). The zero-order chi connectivity index (χ0) is 21.2. The van der Waals surface area contributed by atoms with Crippen LogP contribution < -0.4 is 15.5 Å². The lowest BCUT2D eigenvalue weighted by molar-refractivity contribution is 0.203. The number of guanidine groups is 1. The number of rotatable bonds is 8. The van der Waals surface area contributed by atoms with E-state index in [4.69, 9.17) is 16.6 Å². The summed E-state index contributed by atoms with van der Waals surface area (Å²) in [5, 5.41) is 16.5. The van der Waals surface area contributed by atoms with Gasteiger partial charge in [0.05, 0.1) is 6.54 Å². The first-order chi connectivity index (χ1) is 14.7. The van der Waals surface area contributed by atoms with Crippen molar-refractivity contribution in [3.05, 3.63) is 58.9 Å². The molecule has 6 nitrogen and oxygen atoms in total. The molecule has 0 amide bonds. The van der Waals surface area contributed by atoms with Crippen LogP contribution in [0.2, 0.25) is 5.15 Å². The molecular weight excluding hydrogens is 398 g/mol. The van der Waals surface area contributed by atoms with Crippen LogP contribution in [-0.2, 0) is 13.0 Å². The molecular formula is C23H32ClN5O. The molecule has 1 saturated heterocycles. The Labute approximate surface area is 184 Å². The number of aliphatic hydroxyl groups excluding tert-OH is 1. The number of nitrogens with one attached hydrogen (secondary N) is 2. The molecule has 0 bridgehead atoms. The fourth-order valence-electron chi connectivity index (χ4n) is 3.58. The van der Waals surface area contributed by atoms with E-state index < -0.39 is 0 Å². The molecule has 2 heterocycles. The zero-order valence-corrected chi connectivity index (χ0v) is 18.4. The Morgan fingerprint density at radius 2 is 1.87 bits per heavy atom. The van der Waals surface area contributed by atoms with Gasteiger partial charge in [0.1, 0.15) is 5.15 Å². The van der Waals surface area contributed by atoms with Crippen LogP contribution in [0.15, 0.2) is 47.6 Å². The molecule has 0 spiro atoms. The third-order valence-electron chi connectivity index (χ3n) is 5.43. The topological polar surface area (TPSA) is 72.8 Å². The Hall–Kier alpha value is -2.31. The van der Waals surface area contributed by atoms with Crippen LogP contribution in [0.4, 0.5) is 5.69 Å².